The Bertz CT molecular complexity index is 664. The van der Waals surface area contributed by atoms with Gasteiger partial charge in [0.25, 0.3) is 0 Å². The molecule has 0 aromatic carbocycles. The summed E-state index contributed by atoms with van der Waals surface area (Å²) in [6.07, 6.45) is 3.51. The summed E-state index contributed by atoms with van der Waals surface area (Å²) in [7, 11) is 1.88. The maximum atomic E-state index is 12.7. The molecular formula is C15H21N5OS. The fourth-order valence-electron chi connectivity index (χ4n) is 3.10. The summed E-state index contributed by atoms with van der Waals surface area (Å²) in [4.78, 5) is 16.0. The van der Waals surface area contributed by atoms with Crippen LogP contribution < -0.4 is 5.32 Å². The molecule has 2 aromatic heterocycles. The molecule has 0 spiro atoms. The van der Waals surface area contributed by atoms with Gasteiger partial charge in [-0.2, -0.15) is 0 Å². The van der Waals surface area contributed by atoms with E-state index in [2.05, 4.69) is 33.9 Å². The van der Waals surface area contributed by atoms with E-state index in [1.165, 1.54) is 10.4 Å². The fraction of sp³-hybridized carbons (Fsp3) is 0.533. The molecular weight excluding hydrogens is 298 g/mol. The number of fused-ring (bicyclic) bond motifs is 1. The number of carbonyl (C=O) groups is 1. The zero-order chi connectivity index (χ0) is 15.7. The second-order valence-electron chi connectivity index (χ2n) is 5.64. The summed E-state index contributed by atoms with van der Waals surface area (Å²) < 4.78 is 1.83. The van der Waals surface area contributed by atoms with Gasteiger partial charge in [0.1, 0.15) is 6.33 Å². The van der Waals surface area contributed by atoms with E-state index in [0.29, 0.717) is 0 Å². The Balaban J connectivity index is 1.74. The number of nitrogens with zero attached hydrogens (tertiary/aromatic N) is 4. The lowest BCUT2D eigenvalue weighted by Gasteiger charge is -2.36. The Labute approximate surface area is 134 Å². The van der Waals surface area contributed by atoms with Crippen LogP contribution in [-0.4, -0.2) is 32.2 Å². The summed E-state index contributed by atoms with van der Waals surface area (Å²) in [5, 5.41) is 13.1. The van der Waals surface area contributed by atoms with Crippen LogP contribution in [0.3, 0.4) is 0 Å². The quantitative estimate of drug-likeness (QED) is 0.946. The normalized spacial score (nSPS) is 18.9. The van der Waals surface area contributed by atoms with Crippen LogP contribution in [0.1, 0.15) is 48.6 Å². The number of hydrogen-bond donors (Lipinski definition) is 1. The smallest absolute Gasteiger partial charge is 0.318 e. The van der Waals surface area contributed by atoms with Gasteiger partial charge in [0.15, 0.2) is 5.82 Å². The van der Waals surface area contributed by atoms with Crippen LogP contribution in [-0.2, 0) is 13.5 Å². The molecule has 2 atom stereocenters. The number of aryl methyl sites for hydroxylation is 1. The van der Waals surface area contributed by atoms with E-state index < -0.39 is 0 Å². The topological polar surface area (TPSA) is 63.1 Å². The van der Waals surface area contributed by atoms with Crippen LogP contribution in [0.5, 0.6) is 0 Å². The third-order valence-electron chi connectivity index (χ3n) is 4.22. The third kappa shape index (κ3) is 2.61. The Morgan fingerprint density at radius 2 is 2.41 bits per heavy atom. The minimum Gasteiger partial charge on any atom is -0.328 e. The molecule has 3 heterocycles. The van der Waals surface area contributed by atoms with Gasteiger partial charge < -0.3 is 14.8 Å². The van der Waals surface area contributed by atoms with Gasteiger partial charge in [-0.15, -0.1) is 21.5 Å². The first-order valence-electron chi connectivity index (χ1n) is 7.59. The van der Waals surface area contributed by atoms with E-state index in [1.54, 1.807) is 17.7 Å². The van der Waals surface area contributed by atoms with E-state index in [4.69, 9.17) is 0 Å². The largest absolute Gasteiger partial charge is 0.328 e. The second-order valence-corrected chi connectivity index (χ2v) is 6.64. The van der Waals surface area contributed by atoms with Crippen molar-refractivity contribution in [3.8, 4) is 0 Å². The highest BCUT2D eigenvalue weighted by Crippen LogP contribution is 2.35. The molecule has 1 N–H and O–H groups in total. The van der Waals surface area contributed by atoms with Crippen molar-refractivity contribution < 1.29 is 4.79 Å². The lowest BCUT2D eigenvalue weighted by molar-refractivity contribution is 0.164. The minimum atomic E-state index is -0.165. The summed E-state index contributed by atoms with van der Waals surface area (Å²) in [5.41, 5.74) is 1.31. The lowest BCUT2D eigenvalue weighted by atomic mass is 9.98. The van der Waals surface area contributed by atoms with Crippen LogP contribution in [0.2, 0.25) is 0 Å². The number of rotatable bonds is 3. The first-order chi connectivity index (χ1) is 10.6. The number of carbonyl (C=O) groups excluding carboxylic acids is 1. The van der Waals surface area contributed by atoms with Crippen LogP contribution >= 0.6 is 11.3 Å². The molecule has 22 heavy (non-hydrogen) atoms. The van der Waals surface area contributed by atoms with E-state index in [-0.39, 0.29) is 18.1 Å². The maximum absolute atomic E-state index is 12.7. The SMILES string of the molecule is CC[C@H]1c2ccsc2CCN1C(=O)N[C@@H](C)c1nncn1C. The molecule has 7 heteroatoms. The van der Waals surface area contributed by atoms with Crippen LogP contribution in [0.4, 0.5) is 4.79 Å². The van der Waals surface area contributed by atoms with Gasteiger partial charge in [-0.1, -0.05) is 6.92 Å². The third-order valence-corrected chi connectivity index (χ3v) is 5.21. The zero-order valence-electron chi connectivity index (χ0n) is 13.1. The molecule has 118 valence electrons. The Kier molecular flexibility index (Phi) is 4.15. The maximum Gasteiger partial charge on any atom is 0.318 e. The van der Waals surface area contributed by atoms with Gasteiger partial charge in [0.05, 0.1) is 12.1 Å². The number of urea groups is 1. The van der Waals surface area contributed by atoms with Crippen LogP contribution in [0, 0.1) is 0 Å². The van der Waals surface area contributed by atoms with Crippen molar-refractivity contribution in [1.29, 1.82) is 0 Å². The van der Waals surface area contributed by atoms with Gasteiger partial charge in [-0.25, -0.2) is 4.79 Å². The van der Waals surface area contributed by atoms with Crippen molar-refractivity contribution in [2.75, 3.05) is 6.54 Å². The van der Waals surface area contributed by atoms with Crippen molar-refractivity contribution in [3.05, 3.63) is 34.0 Å². The van der Waals surface area contributed by atoms with Crippen molar-refractivity contribution in [2.45, 2.75) is 38.8 Å². The van der Waals surface area contributed by atoms with E-state index in [1.807, 2.05) is 23.4 Å². The zero-order valence-corrected chi connectivity index (χ0v) is 13.9. The van der Waals surface area contributed by atoms with Gasteiger partial charge in [0, 0.05) is 18.5 Å². The highest BCUT2D eigenvalue weighted by Gasteiger charge is 2.31. The van der Waals surface area contributed by atoms with E-state index in [0.717, 1.165) is 25.2 Å². The second kappa shape index (κ2) is 6.08. The molecule has 2 amide bonds. The van der Waals surface area contributed by atoms with E-state index >= 15 is 0 Å². The Morgan fingerprint density at radius 3 is 3.09 bits per heavy atom. The summed E-state index contributed by atoms with van der Waals surface area (Å²) in [6.45, 7) is 4.83. The monoisotopic (exact) mass is 319 g/mol. The number of aromatic nitrogens is 3. The van der Waals surface area contributed by atoms with E-state index in [9.17, 15) is 4.79 Å². The number of amides is 2. The predicted molar refractivity (Wildman–Crippen MR) is 85.7 cm³/mol. The van der Waals surface area contributed by atoms with Gasteiger partial charge >= 0.3 is 6.03 Å². The van der Waals surface area contributed by atoms with Gasteiger partial charge in [-0.05, 0) is 36.8 Å². The Hall–Kier alpha value is -1.89. The number of nitrogens with one attached hydrogen (secondary N) is 1. The predicted octanol–water partition coefficient (Wildman–Crippen LogP) is 2.66. The van der Waals surface area contributed by atoms with Crippen molar-refractivity contribution in [3.63, 3.8) is 0 Å². The van der Waals surface area contributed by atoms with Crippen LogP contribution in [0.15, 0.2) is 17.8 Å². The highest BCUT2D eigenvalue weighted by molar-refractivity contribution is 7.10. The van der Waals surface area contributed by atoms with Crippen molar-refractivity contribution in [1.82, 2.24) is 25.0 Å². The Morgan fingerprint density at radius 1 is 1.59 bits per heavy atom. The van der Waals surface area contributed by atoms with Gasteiger partial charge in [0.2, 0.25) is 0 Å². The lowest BCUT2D eigenvalue weighted by Crippen LogP contribution is -2.46. The molecule has 2 aromatic rings. The molecule has 0 radical (unpaired) electrons. The minimum absolute atomic E-state index is 0.0285. The molecule has 6 nitrogen and oxygen atoms in total. The number of thiophene rings is 1. The average molecular weight is 319 g/mol. The summed E-state index contributed by atoms with van der Waals surface area (Å²) in [6, 6.07) is 2.13. The molecule has 0 bridgehead atoms. The molecule has 1 aliphatic heterocycles. The molecule has 3 rings (SSSR count). The molecule has 0 saturated heterocycles. The molecule has 0 unspecified atom stereocenters. The average Bonchev–Trinajstić information content (AvgIpc) is 3.14. The first-order valence-corrected chi connectivity index (χ1v) is 8.47. The fourth-order valence-corrected chi connectivity index (χ4v) is 4.02. The number of hydrogen-bond acceptors (Lipinski definition) is 4. The van der Waals surface area contributed by atoms with Gasteiger partial charge in [-0.3, -0.25) is 0 Å². The molecule has 0 aliphatic carbocycles. The van der Waals surface area contributed by atoms with Crippen molar-refractivity contribution in [2.24, 2.45) is 7.05 Å². The first kappa shape index (κ1) is 15.0. The standard InChI is InChI=1S/C15H21N5OS/c1-4-12-11-6-8-22-13(11)5-7-20(12)15(21)17-10(2)14-18-16-9-19(14)3/h6,8-10,12H,4-5,7H2,1-3H3,(H,17,21)/t10-,12-/m0/s1. The molecule has 0 saturated carbocycles. The highest BCUT2D eigenvalue weighted by atomic mass is 32.1. The molecule has 1 aliphatic rings. The summed E-state index contributed by atoms with van der Waals surface area (Å²) in [5.74, 6) is 0.759. The van der Waals surface area contributed by atoms with Crippen LogP contribution in [0.25, 0.3) is 0 Å². The summed E-state index contributed by atoms with van der Waals surface area (Å²) >= 11 is 1.79. The van der Waals surface area contributed by atoms with Crippen molar-refractivity contribution >= 4 is 17.4 Å². The molecule has 0 fully saturated rings.